The summed E-state index contributed by atoms with van der Waals surface area (Å²) < 4.78 is 1.26. The summed E-state index contributed by atoms with van der Waals surface area (Å²) in [6, 6.07) is 8.29. The van der Waals surface area contributed by atoms with Gasteiger partial charge in [0.25, 0.3) is 0 Å². The number of oxime groups is 1. The molecule has 0 radical (unpaired) electrons. The highest BCUT2D eigenvalue weighted by atomic mass is 79.9. The van der Waals surface area contributed by atoms with E-state index < -0.39 is 0 Å². The first-order valence-corrected chi connectivity index (χ1v) is 6.63. The number of rotatable bonds is 4. The predicted octanol–water partition coefficient (Wildman–Crippen LogP) is 4.33. The number of hydrogen-bond acceptors (Lipinski definition) is 2. The Kier molecular flexibility index (Phi) is 4.37. The van der Waals surface area contributed by atoms with Crippen molar-refractivity contribution in [1.82, 2.24) is 0 Å². The lowest BCUT2D eigenvalue weighted by molar-refractivity contribution is 0.132. The summed E-state index contributed by atoms with van der Waals surface area (Å²) >= 11 is 3.54. The van der Waals surface area contributed by atoms with Gasteiger partial charge in [-0.15, -0.1) is 0 Å². The molecule has 0 spiro atoms. The molecule has 1 aliphatic rings. The van der Waals surface area contributed by atoms with Crippen LogP contribution in [0.3, 0.4) is 0 Å². The number of halogens is 1. The van der Waals surface area contributed by atoms with Crippen LogP contribution in [-0.2, 0) is 11.4 Å². The second kappa shape index (κ2) is 6.01. The Morgan fingerprint density at radius 1 is 1.29 bits per heavy atom. The molecule has 0 saturated heterocycles. The molecule has 0 N–H and O–H groups in total. The highest BCUT2D eigenvalue weighted by molar-refractivity contribution is 9.11. The van der Waals surface area contributed by atoms with Gasteiger partial charge < -0.3 is 4.84 Å². The van der Waals surface area contributed by atoms with Crippen molar-refractivity contribution in [2.75, 3.05) is 0 Å². The van der Waals surface area contributed by atoms with Crippen LogP contribution in [0.15, 0.2) is 39.5 Å². The van der Waals surface area contributed by atoms with Gasteiger partial charge in [-0.3, -0.25) is 0 Å². The maximum atomic E-state index is 5.28. The van der Waals surface area contributed by atoms with Gasteiger partial charge in [0, 0.05) is 0 Å². The van der Waals surface area contributed by atoms with Gasteiger partial charge in [-0.1, -0.05) is 50.9 Å². The second-order valence-electron chi connectivity index (χ2n) is 4.28. The molecule has 1 aromatic carbocycles. The molecule has 0 amide bonds. The van der Waals surface area contributed by atoms with Crippen LogP contribution >= 0.6 is 15.9 Å². The summed E-state index contributed by atoms with van der Waals surface area (Å²) in [4.78, 5) is 5.28. The third-order valence-corrected chi connectivity index (χ3v) is 3.73. The lowest BCUT2D eigenvalue weighted by Gasteiger charge is -2.00. The van der Waals surface area contributed by atoms with Crippen molar-refractivity contribution in [3.63, 3.8) is 0 Å². The van der Waals surface area contributed by atoms with E-state index in [9.17, 15) is 0 Å². The molecule has 0 aliphatic heterocycles. The van der Waals surface area contributed by atoms with Gasteiger partial charge >= 0.3 is 0 Å². The van der Waals surface area contributed by atoms with Gasteiger partial charge in [0.2, 0.25) is 0 Å². The maximum Gasteiger partial charge on any atom is 0.142 e. The van der Waals surface area contributed by atoms with Crippen LogP contribution in [0, 0.1) is 6.92 Å². The van der Waals surface area contributed by atoms with Gasteiger partial charge in [0.1, 0.15) is 6.61 Å². The van der Waals surface area contributed by atoms with E-state index in [0.29, 0.717) is 6.61 Å². The standard InChI is InChI=1S/C14H16BrNO/c1-11-5-7-12(8-6-11)10-17-16-9-13-3-2-4-14(13)15/h5-9H,2-4,10H2,1H3/b16-9+. The lowest BCUT2D eigenvalue weighted by Crippen LogP contribution is -1.88. The van der Waals surface area contributed by atoms with Crippen molar-refractivity contribution in [3.05, 3.63) is 45.4 Å². The van der Waals surface area contributed by atoms with E-state index in [-0.39, 0.29) is 0 Å². The van der Waals surface area contributed by atoms with Crippen molar-refractivity contribution in [1.29, 1.82) is 0 Å². The van der Waals surface area contributed by atoms with E-state index in [2.05, 4.69) is 52.3 Å². The van der Waals surface area contributed by atoms with Gasteiger partial charge in [-0.2, -0.15) is 0 Å². The minimum absolute atomic E-state index is 0.529. The van der Waals surface area contributed by atoms with E-state index in [1.54, 1.807) is 0 Å². The third-order valence-electron chi connectivity index (χ3n) is 2.83. The summed E-state index contributed by atoms with van der Waals surface area (Å²) in [6.45, 7) is 2.61. The van der Waals surface area contributed by atoms with E-state index in [1.165, 1.54) is 22.0 Å². The Morgan fingerprint density at radius 3 is 2.71 bits per heavy atom. The first kappa shape index (κ1) is 12.4. The zero-order valence-electron chi connectivity index (χ0n) is 9.95. The Labute approximate surface area is 110 Å². The van der Waals surface area contributed by atoms with Crippen LogP contribution in [0.25, 0.3) is 0 Å². The Hall–Kier alpha value is -1.09. The summed E-state index contributed by atoms with van der Waals surface area (Å²) in [6.07, 6.45) is 5.25. The van der Waals surface area contributed by atoms with Gasteiger partial charge in [0.05, 0.1) is 6.21 Å². The fourth-order valence-electron chi connectivity index (χ4n) is 1.76. The summed E-state index contributed by atoms with van der Waals surface area (Å²) in [5.74, 6) is 0. The van der Waals surface area contributed by atoms with Crippen LogP contribution < -0.4 is 0 Å². The van der Waals surface area contributed by atoms with Crippen LogP contribution in [0.5, 0.6) is 0 Å². The summed E-state index contributed by atoms with van der Waals surface area (Å²) in [7, 11) is 0. The van der Waals surface area contributed by atoms with Crippen molar-refractivity contribution >= 4 is 22.1 Å². The molecule has 0 fully saturated rings. The zero-order valence-corrected chi connectivity index (χ0v) is 11.5. The van der Waals surface area contributed by atoms with Gasteiger partial charge in [-0.25, -0.2) is 0 Å². The molecule has 0 aromatic heterocycles. The monoisotopic (exact) mass is 293 g/mol. The first-order chi connectivity index (χ1) is 8.25. The normalized spacial score (nSPS) is 15.9. The number of aryl methyl sites for hydroxylation is 1. The molecule has 2 rings (SSSR count). The van der Waals surface area contributed by atoms with E-state index in [0.717, 1.165) is 18.4 Å². The Balaban J connectivity index is 1.81. The minimum Gasteiger partial charge on any atom is -0.391 e. The zero-order chi connectivity index (χ0) is 12.1. The third kappa shape index (κ3) is 3.70. The molecular formula is C14H16BrNO. The quantitative estimate of drug-likeness (QED) is 0.598. The highest BCUT2D eigenvalue weighted by Crippen LogP contribution is 2.28. The number of allylic oxidation sites excluding steroid dienone is 2. The van der Waals surface area contributed by atoms with E-state index in [1.807, 2.05) is 6.21 Å². The number of hydrogen-bond donors (Lipinski definition) is 0. The van der Waals surface area contributed by atoms with Crippen molar-refractivity contribution in [2.45, 2.75) is 32.8 Å². The van der Waals surface area contributed by atoms with Crippen molar-refractivity contribution < 1.29 is 4.84 Å². The average molecular weight is 294 g/mol. The molecule has 1 aromatic rings. The van der Waals surface area contributed by atoms with E-state index >= 15 is 0 Å². The largest absolute Gasteiger partial charge is 0.391 e. The second-order valence-corrected chi connectivity index (χ2v) is 5.23. The van der Waals surface area contributed by atoms with E-state index in [4.69, 9.17) is 4.84 Å². The molecular weight excluding hydrogens is 278 g/mol. The Bertz CT molecular complexity index is 434. The minimum atomic E-state index is 0.529. The predicted molar refractivity (Wildman–Crippen MR) is 74.3 cm³/mol. The molecule has 0 saturated carbocycles. The van der Waals surface area contributed by atoms with Crippen molar-refractivity contribution in [3.8, 4) is 0 Å². The summed E-state index contributed by atoms with van der Waals surface area (Å²) in [5.41, 5.74) is 3.67. The van der Waals surface area contributed by atoms with Crippen LogP contribution in [0.2, 0.25) is 0 Å². The van der Waals surface area contributed by atoms with Gasteiger partial charge in [-0.05, 0) is 41.8 Å². The van der Waals surface area contributed by atoms with Crippen molar-refractivity contribution in [2.24, 2.45) is 5.16 Å². The van der Waals surface area contributed by atoms with Crippen LogP contribution in [0.1, 0.15) is 30.4 Å². The lowest BCUT2D eigenvalue weighted by atomic mass is 10.2. The Morgan fingerprint density at radius 2 is 2.06 bits per heavy atom. The number of benzene rings is 1. The van der Waals surface area contributed by atoms with Crippen LogP contribution in [0.4, 0.5) is 0 Å². The number of nitrogens with zero attached hydrogens (tertiary/aromatic N) is 1. The molecule has 0 heterocycles. The van der Waals surface area contributed by atoms with Crippen LogP contribution in [-0.4, -0.2) is 6.21 Å². The topological polar surface area (TPSA) is 21.6 Å². The fraction of sp³-hybridized carbons (Fsp3) is 0.357. The SMILES string of the molecule is Cc1ccc(CO/N=C/C2=C(Br)CCC2)cc1. The van der Waals surface area contributed by atoms with Gasteiger partial charge in [0.15, 0.2) is 0 Å². The molecule has 2 nitrogen and oxygen atoms in total. The molecule has 0 bridgehead atoms. The molecule has 17 heavy (non-hydrogen) atoms. The molecule has 3 heteroatoms. The average Bonchev–Trinajstić information content (AvgIpc) is 2.73. The highest BCUT2D eigenvalue weighted by Gasteiger charge is 2.09. The first-order valence-electron chi connectivity index (χ1n) is 5.84. The maximum absolute atomic E-state index is 5.28. The smallest absolute Gasteiger partial charge is 0.142 e. The fourth-order valence-corrected chi connectivity index (χ4v) is 2.34. The molecule has 90 valence electrons. The molecule has 0 atom stereocenters. The summed E-state index contributed by atoms with van der Waals surface area (Å²) in [5, 5.41) is 4.01. The molecule has 1 aliphatic carbocycles. The molecule has 0 unspecified atom stereocenters.